The highest BCUT2D eigenvalue weighted by Gasteiger charge is 2.24. The van der Waals surface area contributed by atoms with Crippen molar-refractivity contribution in [1.82, 2.24) is 4.90 Å². The van der Waals surface area contributed by atoms with Crippen molar-refractivity contribution in [3.63, 3.8) is 0 Å². The molecule has 1 atom stereocenters. The average molecular weight is 321 g/mol. The van der Waals surface area contributed by atoms with E-state index in [0.29, 0.717) is 11.3 Å². The lowest BCUT2D eigenvalue weighted by Crippen LogP contribution is -2.33. The number of benzene rings is 2. The first-order valence-corrected chi connectivity index (χ1v) is 6.95. The largest absolute Gasteiger partial charge is 0.497 e. The fourth-order valence-corrected chi connectivity index (χ4v) is 2.27. The number of carbonyl (C=O) groups is 1. The van der Waals surface area contributed by atoms with Crippen molar-refractivity contribution < 1.29 is 23.4 Å². The van der Waals surface area contributed by atoms with Gasteiger partial charge in [-0.15, -0.1) is 0 Å². The molecule has 0 radical (unpaired) electrons. The Kier molecular flexibility index (Phi) is 5.28. The van der Waals surface area contributed by atoms with Gasteiger partial charge >= 0.3 is 0 Å². The third-order valence-electron chi connectivity index (χ3n) is 3.62. The first-order valence-electron chi connectivity index (χ1n) is 6.95. The number of rotatable bonds is 5. The maximum absolute atomic E-state index is 13.8. The van der Waals surface area contributed by atoms with Crippen LogP contribution in [0.3, 0.4) is 0 Å². The summed E-state index contributed by atoms with van der Waals surface area (Å²) in [6.07, 6.45) is 0. The highest BCUT2D eigenvalue weighted by Crippen LogP contribution is 2.24. The van der Waals surface area contributed by atoms with Crippen molar-refractivity contribution in [1.29, 1.82) is 0 Å². The van der Waals surface area contributed by atoms with Gasteiger partial charge in [-0.1, -0.05) is 12.1 Å². The summed E-state index contributed by atoms with van der Waals surface area (Å²) in [5.41, 5.74) is 0.278. The van der Waals surface area contributed by atoms with E-state index in [0.717, 1.165) is 18.2 Å². The van der Waals surface area contributed by atoms with Gasteiger partial charge in [0, 0.05) is 7.05 Å². The molecule has 122 valence electrons. The number of halogens is 2. The van der Waals surface area contributed by atoms with Gasteiger partial charge in [0.15, 0.2) is 0 Å². The van der Waals surface area contributed by atoms with E-state index in [2.05, 4.69) is 0 Å². The van der Waals surface area contributed by atoms with Crippen molar-refractivity contribution in [3.8, 4) is 5.75 Å². The van der Waals surface area contributed by atoms with Crippen molar-refractivity contribution in [2.45, 2.75) is 6.04 Å². The van der Waals surface area contributed by atoms with E-state index in [-0.39, 0.29) is 12.2 Å². The third kappa shape index (κ3) is 3.65. The Morgan fingerprint density at radius 2 is 1.87 bits per heavy atom. The predicted octanol–water partition coefficient (Wildman–Crippen LogP) is 2.78. The number of likely N-dealkylation sites (N-methyl/N-ethyl adjacent to an activating group) is 1. The summed E-state index contributed by atoms with van der Waals surface area (Å²) >= 11 is 0. The number of hydrogen-bond acceptors (Lipinski definition) is 3. The van der Waals surface area contributed by atoms with Crippen LogP contribution in [-0.2, 0) is 0 Å². The van der Waals surface area contributed by atoms with E-state index in [9.17, 15) is 18.7 Å². The summed E-state index contributed by atoms with van der Waals surface area (Å²) in [6.45, 7) is -0.356. The van der Waals surface area contributed by atoms with E-state index in [4.69, 9.17) is 4.74 Å². The first-order chi connectivity index (χ1) is 11.0. The van der Waals surface area contributed by atoms with Gasteiger partial charge in [-0.05, 0) is 35.9 Å². The smallest absolute Gasteiger partial charge is 0.257 e. The molecule has 2 aromatic rings. The molecule has 1 N–H and O–H groups in total. The van der Waals surface area contributed by atoms with Crippen molar-refractivity contribution in [2.24, 2.45) is 0 Å². The molecule has 0 aliphatic heterocycles. The van der Waals surface area contributed by atoms with Gasteiger partial charge in [-0.25, -0.2) is 8.78 Å². The fourth-order valence-electron chi connectivity index (χ4n) is 2.27. The molecule has 6 heteroatoms. The molecule has 0 saturated heterocycles. The Morgan fingerprint density at radius 3 is 2.43 bits per heavy atom. The maximum atomic E-state index is 13.8. The van der Waals surface area contributed by atoms with Crippen LogP contribution in [0.1, 0.15) is 22.0 Å². The molecule has 0 aliphatic carbocycles. The van der Waals surface area contributed by atoms with Gasteiger partial charge in [0.1, 0.15) is 17.4 Å². The van der Waals surface area contributed by atoms with Crippen molar-refractivity contribution in [3.05, 3.63) is 65.2 Å². The molecule has 0 unspecified atom stereocenters. The lowest BCUT2D eigenvalue weighted by Gasteiger charge is -2.27. The summed E-state index contributed by atoms with van der Waals surface area (Å²) < 4.78 is 32.1. The van der Waals surface area contributed by atoms with Crippen LogP contribution in [0, 0.1) is 11.6 Å². The number of hydrogen-bond donors (Lipinski definition) is 1. The number of aliphatic hydroxyl groups is 1. The Labute approximate surface area is 132 Å². The van der Waals surface area contributed by atoms with Gasteiger partial charge in [0.25, 0.3) is 5.91 Å². The van der Waals surface area contributed by atoms with E-state index >= 15 is 0 Å². The van der Waals surface area contributed by atoms with Crippen LogP contribution < -0.4 is 4.74 Å². The number of carbonyl (C=O) groups excluding carboxylic acids is 1. The molecule has 0 aromatic heterocycles. The van der Waals surface area contributed by atoms with Crippen LogP contribution in [-0.4, -0.2) is 36.7 Å². The van der Waals surface area contributed by atoms with Gasteiger partial charge in [0.05, 0.1) is 25.3 Å². The summed E-state index contributed by atoms with van der Waals surface area (Å²) in [4.78, 5) is 13.6. The minimum atomic E-state index is -0.810. The van der Waals surface area contributed by atoms with Crippen LogP contribution in [0.4, 0.5) is 8.78 Å². The second kappa shape index (κ2) is 7.19. The van der Waals surface area contributed by atoms with Crippen LogP contribution in [0.15, 0.2) is 42.5 Å². The summed E-state index contributed by atoms with van der Waals surface area (Å²) in [5, 5.41) is 9.60. The van der Waals surface area contributed by atoms with Gasteiger partial charge in [-0.2, -0.15) is 0 Å². The maximum Gasteiger partial charge on any atom is 0.257 e. The first kappa shape index (κ1) is 16.9. The van der Waals surface area contributed by atoms with Crippen LogP contribution in [0.2, 0.25) is 0 Å². The topological polar surface area (TPSA) is 49.8 Å². The molecule has 0 spiro atoms. The molecule has 1 amide bonds. The number of aliphatic hydroxyl groups excluding tert-OH is 1. The molecule has 2 rings (SSSR count). The molecule has 0 aliphatic rings. The highest BCUT2D eigenvalue weighted by atomic mass is 19.1. The molecule has 4 nitrogen and oxygen atoms in total. The van der Waals surface area contributed by atoms with E-state index in [1.54, 1.807) is 24.3 Å². The van der Waals surface area contributed by atoms with Gasteiger partial charge in [0.2, 0.25) is 0 Å². The second-order valence-corrected chi connectivity index (χ2v) is 5.01. The quantitative estimate of drug-likeness (QED) is 0.921. The van der Waals surface area contributed by atoms with E-state index in [1.165, 1.54) is 19.1 Å². The number of nitrogens with zero attached hydrogens (tertiary/aromatic N) is 1. The molecule has 0 saturated carbocycles. The highest BCUT2D eigenvalue weighted by molar-refractivity contribution is 5.94. The normalized spacial score (nSPS) is 11.9. The Morgan fingerprint density at radius 1 is 1.22 bits per heavy atom. The minimum absolute atomic E-state index is 0.356. The molecule has 23 heavy (non-hydrogen) atoms. The van der Waals surface area contributed by atoms with E-state index in [1.807, 2.05) is 0 Å². The lowest BCUT2D eigenvalue weighted by molar-refractivity contribution is 0.0653. The number of ether oxygens (including phenoxy) is 1. The molecular weight excluding hydrogens is 304 g/mol. The minimum Gasteiger partial charge on any atom is -0.497 e. The van der Waals surface area contributed by atoms with Crippen LogP contribution in [0.25, 0.3) is 0 Å². The molecule has 2 aromatic carbocycles. The van der Waals surface area contributed by atoms with Gasteiger partial charge in [-0.3, -0.25) is 4.79 Å². The SMILES string of the molecule is COc1ccc([C@H](CO)N(C)C(=O)c2cc(F)ccc2F)cc1. The second-order valence-electron chi connectivity index (χ2n) is 5.01. The molecule has 0 heterocycles. The number of methoxy groups -OCH3 is 1. The summed E-state index contributed by atoms with van der Waals surface area (Å²) in [6, 6.07) is 8.79. The Bertz CT molecular complexity index is 689. The van der Waals surface area contributed by atoms with Crippen molar-refractivity contribution in [2.75, 3.05) is 20.8 Å². The standard InChI is InChI=1S/C17H17F2NO3/c1-20(17(22)14-9-12(18)5-8-15(14)19)16(10-21)11-3-6-13(23-2)7-4-11/h3-9,16,21H,10H2,1-2H3/t16-/m0/s1. The summed E-state index contributed by atoms with van der Waals surface area (Å²) in [5.74, 6) is -1.59. The average Bonchev–Trinajstić information content (AvgIpc) is 2.57. The zero-order valence-electron chi connectivity index (χ0n) is 12.8. The molecular formula is C17H17F2NO3. The Hall–Kier alpha value is -2.47. The van der Waals surface area contributed by atoms with Crippen LogP contribution in [0.5, 0.6) is 5.75 Å². The monoisotopic (exact) mass is 321 g/mol. The molecule has 0 fully saturated rings. The third-order valence-corrected chi connectivity index (χ3v) is 3.62. The van der Waals surface area contributed by atoms with Gasteiger partial charge < -0.3 is 14.7 Å². The van der Waals surface area contributed by atoms with Crippen LogP contribution >= 0.6 is 0 Å². The number of amides is 1. The lowest BCUT2D eigenvalue weighted by atomic mass is 10.0. The molecule has 0 bridgehead atoms. The van der Waals surface area contributed by atoms with E-state index < -0.39 is 23.6 Å². The van der Waals surface area contributed by atoms with Crippen molar-refractivity contribution >= 4 is 5.91 Å². The zero-order chi connectivity index (χ0) is 17.0. The Balaban J connectivity index is 2.29. The predicted molar refractivity (Wildman–Crippen MR) is 81.3 cm³/mol. The summed E-state index contributed by atoms with van der Waals surface area (Å²) in [7, 11) is 2.96. The fraction of sp³-hybridized carbons (Fsp3) is 0.235. The zero-order valence-corrected chi connectivity index (χ0v) is 12.8.